The number of aliphatic hydroxyl groups excluding tert-OH is 1. The second kappa shape index (κ2) is 5.71. The van der Waals surface area contributed by atoms with Crippen LogP contribution in [0.25, 0.3) is 0 Å². The third kappa shape index (κ3) is 2.52. The molecule has 1 atom stereocenters. The van der Waals surface area contributed by atoms with Crippen LogP contribution in [0.4, 0.5) is 4.79 Å². The molecule has 1 aromatic rings. The van der Waals surface area contributed by atoms with Gasteiger partial charge in [0.25, 0.3) is 0 Å². The van der Waals surface area contributed by atoms with Gasteiger partial charge in [-0.05, 0) is 18.1 Å². The van der Waals surface area contributed by atoms with Gasteiger partial charge in [-0.1, -0.05) is 34.1 Å². The lowest BCUT2D eigenvalue weighted by Crippen LogP contribution is -2.30. The second-order valence-corrected chi connectivity index (χ2v) is 5.31. The van der Waals surface area contributed by atoms with Crippen molar-refractivity contribution < 1.29 is 9.90 Å². The van der Waals surface area contributed by atoms with Crippen molar-refractivity contribution in [3.05, 3.63) is 34.3 Å². The van der Waals surface area contributed by atoms with Crippen molar-refractivity contribution in [3.63, 3.8) is 0 Å². The zero-order valence-corrected chi connectivity index (χ0v) is 11.9. The molecule has 1 aliphatic rings. The van der Waals surface area contributed by atoms with E-state index in [4.69, 9.17) is 5.11 Å². The molecule has 2 rings (SSSR count). The third-order valence-electron chi connectivity index (χ3n) is 3.28. The predicted octanol–water partition coefficient (Wildman–Crippen LogP) is 2.24. The van der Waals surface area contributed by atoms with Gasteiger partial charge >= 0.3 is 6.03 Å². The molecule has 0 spiro atoms. The van der Waals surface area contributed by atoms with Crippen molar-refractivity contribution in [1.29, 1.82) is 0 Å². The first kappa shape index (κ1) is 13.4. The number of carbonyl (C=O) groups excluding carboxylic acids is 1. The van der Waals surface area contributed by atoms with Crippen LogP contribution < -0.4 is 0 Å². The summed E-state index contributed by atoms with van der Waals surface area (Å²) in [5, 5.41) is 8.85. The molecule has 0 saturated carbocycles. The Morgan fingerprint density at radius 3 is 2.83 bits per heavy atom. The van der Waals surface area contributed by atoms with E-state index in [1.807, 2.05) is 31.3 Å². The number of benzene rings is 1. The highest BCUT2D eigenvalue weighted by Crippen LogP contribution is 2.32. The molecule has 98 valence electrons. The lowest BCUT2D eigenvalue weighted by Gasteiger charge is -2.19. The highest BCUT2D eigenvalue weighted by atomic mass is 79.9. The number of aliphatic hydroxyl groups is 1. The molecule has 18 heavy (non-hydrogen) atoms. The number of hydrogen-bond acceptors (Lipinski definition) is 2. The largest absolute Gasteiger partial charge is 0.396 e. The summed E-state index contributed by atoms with van der Waals surface area (Å²) in [6, 6.07) is 8.08. The summed E-state index contributed by atoms with van der Waals surface area (Å²) < 4.78 is 1.03. The third-order valence-corrected chi connectivity index (χ3v) is 4.01. The molecular formula is C13H17BrN2O2. The predicted molar refractivity (Wildman–Crippen MR) is 73.3 cm³/mol. The zero-order valence-electron chi connectivity index (χ0n) is 10.3. The maximum atomic E-state index is 12.1. The fourth-order valence-corrected chi connectivity index (χ4v) is 2.82. The molecule has 1 saturated heterocycles. The Morgan fingerprint density at radius 2 is 2.17 bits per heavy atom. The molecule has 4 nitrogen and oxygen atoms in total. The summed E-state index contributed by atoms with van der Waals surface area (Å²) in [5.74, 6) is 0. The van der Waals surface area contributed by atoms with E-state index in [9.17, 15) is 4.79 Å². The van der Waals surface area contributed by atoms with Crippen LogP contribution in [0.3, 0.4) is 0 Å². The summed E-state index contributed by atoms with van der Waals surface area (Å²) in [7, 11) is 1.82. The quantitative estimate of drug-likeness (QED) is 0.926. The second-order valence-electron chi connectivity index (χ2n) is 4.45. The first-order chi connectivity index (χ1) is 8.65. The molecule has 0 aromatic heterocycles. The monoisotopic (exact) mass is 312 g/mol. The highest BCUT2D eigenvalue weighted by molar-refractivity contribution is 9.10. The van der Waals surface area contributed by atoms with Crippen molar-refractivity contribution in [2.75, 3.05) is 26.7 Å². The Labute approximate surface area is 115 Å². The summed E-state index contributed by atoms with van der Waals surface area (Å²) in [6.45, 7) is 1.41. The number of amides is 2. The van der Waals surface area contributed by atoms with Gasteiger partial charge < -0.3 is 14.9 Å². The molecule has 0 bridgehead atoms. The van der Waals surface area contributed by atoms with E-state index >= 15 is 0 Å². The van der Waals surface area contributed by atoms with E-state index in [0.29, 0.717) is 19.5 Å². The molecule has 1 heterocycles. The van der Waals surface area contributed by atoms with Crippen LogP contribution in [0.5, 0.6) is 0 Å². The minimum atomic E-state index is 0.0317. The molecule has 0 radical (unpaired) electrons. The summed E-state index contributed by atoms with van der Waals surface area (Å²) in [4.78, 5) is 15.6. The van der Waals surface area contributed by atoms with Crippen molar-refractivity contribution >= 4 is 22.0 Å². The highest BCUT2D eigenvalue weighted by Gasteiger charge is 2.35. The SMILES string of the molecule is CN1C(=O)N(CCCO)CC1c1ccccc1Br. The number of nitrogens with zero attached hydrogens (tertiary/aromatic N) is 2. The fraction of sp³-hybridized carbons (Fsp3) is 0.462. The lowest BCUT2D eigenvalue weighted by atomic mass is 10.1. The lowest BCUT2D eigenvalue weighted by molar-refractivity contribution is 0.191. The number of urea groups is 1. The maximum absolute atomic E-state index is 12.1. The van der Waals surface area contributed by atoms with E-state index in [0.717, 1.165) is 10.0 Å². The average Bonchev–Trinajstić information content (AvgIpc) is 2.65. The Morgan fingerprint density at radius 1 is 1.44 bits per heavy atom. The number of hydrogen-bond donors (Lipinski definition) is 1. The molecule has 1 aromatic carbocycles. The van der Waals surface area contributed by atoms with Gasteiger partial charge in [0.15, 0.2) is 0 Å². The standard InChI is InChI=1S/C13H17BrN2O2/c1-15-12(10-5-2-3-6-11(10)14)9-16(13(15)18)7-4-8-17/h2-3,5-6,12,17H,4,7-9H2,1H3. The van der Waals surface area contributed by atoms with E-state index in [1.165, 1.54) is 0 Å². The Hall–Kier alpha value is -1.07. The summed E-state index contributed by atoms with van der Waals surface area (Å²) >= 11 is 3.53. The number of halogens is 1. The molecule has 0 aliphatic carbocycles. The number of likely N-dealkylation sites (N-methyl/N-ethyl adjacent to an activating group) is 1. The molecule has 1 N–H and O–H groups in total. The minimum Gasteiger partial charge on any atom is -0.396 e. The molecule has 1 unspecified atom stereocenters. The molecular weight excluding hydrogens is 296 g/mol. The van der Waals surface area contributed by atoms with Crippen LogP contribution in [0.2, 0.25) is 0 Å². The Bertz CT molecular complexity index is 439. The van der Waals surface area contributed by atoms with Crippen LogP contribution in [-0.4, -0.2) is 47.7 Å². The smallest absolute Gasteiger partial charge is 0.320 e. The number of rotatable bonds is 4. The van der Waals surface area contributed by atoms with Crippen molar-refractivity contribution in [2.24, 2.45) is 0 Å². The topological polar surface area (TPSA) is 43.8 Å². The normalized spacial score (nSPS) is 19.7. The number of carbonyl (C=O) groups is 1. The van der Waals surface area contributed by atoms with Gasteiger partial charge in [-0.3, -0.25) is 0 Å². The molecule has 2 amide bonds. The Kier molecular flexibility index (Phi) is 4.24. The van der Waals surface area contributed by atoms with Gasteiger partial charge in [-0.2, -0.15) is 0 Å². The van der Waals surface area contributed by atoms with Crippen molar-refractivity contribution in [1.82, 2.24) is 9.80 Å². The first-order valence-electron chi connectivity index (χ1n) is 6.02. The van der Waals surface area contributed by atoms with Crippen LogP contribution in [0.1, 0.15) is 18.0 Å². The molecule has 1 aliphatic heterocycles. The van der Waals surface area contributed by atoms with Gasteiger partial charge in [0.1, 0.15) is 0 Å². The van der Waals surface area contributed by atoms with Crippen LogP contribution in [0.15, 0.2) is 28.7 Å². The van der Waals surface area contributed by atoms with Crippen LogP contribution in [0, 0.1) is 0 Å². The summed E-state index contributed by atoms with van der Waals surface area (Å²) in [5.41, 5.74) is 1.12. The van der Waals surface area contributed by atoms with Gasteiger partial charge in [0, 0.05) is 31.2 Å². The van der Waals surface area contributed by atoms with E-state index in [-0.39, 0.29) is 18.7 Å². The van der Waals surface area contributed by atoms with Gasteiger partial charge in [-0.15, -0.1) is 0 Å². The van der Waals surface area contributed by atoms with E-state index in [2.05, 4.69) is 15.9 Å². The minimum absolute atomic E-state index is 0.0317. The van der Waals surface area contributed by atoms with Crippen LogP contribution in [-0.2, 0) is 0 Å². The van der Waals surface area contributed by atoms with Gasteiger partial charge in [0.05, 0.1) is 6.04 Å². The van der Waals surface area contributed by atoms with Crippen molar-refractivity contribution in [3.8, 4) is 0 Å². The van der Waals surface area contributed by atoms with Crippen LogP contribution >= 0.6 is 15.9 Å². The summed E-state index contributed by atoms with van der Waals surface area (Å²) in [6.07, 6.45) is 0.627. The Balaban J connectivity index is 2.16. The fourth-order valence-electron chi connectivity index (χ4n) is 2.27. The molecule has 5 heteroatoms. The molecule has 1 fully saturated rings. The van der Waals surface area contributed by atoms with Gasteiger partial charge in [-0.25, -0.2) is 4.79 Å². The first-order valence-corrected chi connectivity index (χ1v) is 6.81. The van der Waals surface area contributed by atoms with Crippen molar-refractivity contribution in [2.45, 2.75) is 12.5 Å². The average molecular weight is 313 g/mol. The zero-order chi connectivity index (χ0) is 13.1. The maximum Gasteiger partial charge on any atom is 0.320 e. The van der Waals surface area contributed by atoms with Gasteiger partial charge in [0.2, 0.25) is 0 Å². The van der Waals surface area contributed by atoms with E-state index < -0.39 is 0 Å². The van der Waals surface area contributed by atoms with E-state index in [1.54, 1.807) is 9.80 Å².